The summed E-state index contributed by atoms with van der Waals surface area (Å²) < 4.78 is 5.47. The van der Waals surface area contributed by atoms with Crippen LogP contribution < -0.4 is 9.64 Å². The highest BCUT2D eigenvalue weighted by Crippen LogP contribution is 2.64. The summed E-state index contributed by atoms with van der Waals surface area (Å²) in [4.78, 5) is 41.3. The van der Waals surface area contributed by atoms with Crippen molar-refractivity contribution >= 4 is 17.5 Å². The largest absolute Gasteiger partial charge is 0.494 e. The van der Waals surface area contributed by atoms with Gasteiger partial charge < -0.3 is 4.74 Å². The van der Waals surface area contributed by atoms with E-state index in [2.05, 4.69) is 0 Å². The Morgan fingerprint density at radius 1 is 0.909 bits per heavy atom. The van der Waals surface area contributed by atoms with Crippen LogP contribution in [0.15, 0.2) is 72.8 Å². The highest BCUT2D eigenvalue weighted by atomic mass is 16.6. The van der Waals surface area contributed by atoms with Crippen molar-refractivity contribution in [3.8, 4) is 5.75 Å². The van der Waals surface area contributed by atoms with Gasteiger partial charge in [-0.15, -0.1) is 0 Å². The Labute approximate surface area is 189 Å². The maximum absolute atomic E-state index is 13.8. The SMILES string of the molecule is CCOc1ccc(N2C(=O)[C@H]3C4c5ccccc5C([N+](=O)[O-])(c5ccccc54)[C@H]3C2=O)cc1. The van der Waals surface area contributed by atoms with Crippen molar-refractivity contribution in [1.29, 1.82) is 0 Å². The van der Waals surface area contributed by atoms with Gasteiger partial charge in [0.2, 0.25) is 11.8 Å². The van der Waals surface area contributed by atoms with E-state index in [1.165, 1.54) is 0 Å². The van der Waals surface area contributed by atoms with Gasteiger partial charge in [0.25, 0.3) is 5.54 Å². The van der Waals surface area contributed by atoms with E-state index in [9.17, 15) is 19.7 Å². The van der Waals surface area contributed by atoms with Gasteiger partial charge in [-0.3, -0.25) is 19.7 Å². The molecule has 0 N–H and O–H groups in total. The minimum absolute atomic E-state index is 0.357. The number of hydrogen-bond acceptors (Lipinski definition) is 5. The first kappa shape index (κ1) is 19.7. The smallest absolute Gasteiger partial charge is 0.285 e. The number of imide groups is 1. The van der Waals surface area contributed by atoms with Crippen LogP contribution >= 0.6 is 0 Å². The van der Waals surface area contributed by atoms with Crippen LogP contribution in [0.25, 0.3) is 0 Å². The molecule has 3 aliphatic carbocycles. The van der Waals surface area contributed by atoms with Crippen LogP contribution in [0, 0.1) is 22.0 Å². The Morgan fingerprint density at radius 2 is 1.48 bits per heavy atom. The van der Waals surface area contributed by atoms with Crippen molar-refractivity contribution in [3.63, 3.8) is 0 Å². The standard InChI is InChI=1S/C26H20N2O5/c1-2-33-16-13-11-15(12-14-16)27-24(29)22-21-17-7-3-5-9-19(17)26(28(31)32,23(22)25(27)30)20-10-6-4-8-18(20)21/h3-14,21-23H,2H2,1H3/t21?,22-,23+,26?/m0/s1. The highest BCUT2D eigenvalue weighted by Gasteiger charge is 2.74. The molecule has 0 radical (unpaired) electrons. The lowest BCUT2D eigenvalue weighted by atomic mass is 9.51. The molecule has 33 heavy (non-hydrogen) atoms. The minimum atomic E-state index is -1.81. The van der Waals surface area contributed by atoms with E-state index in [0.29, 0.717) is 29.2 Å². The van der Waals surface area contributed by atoms with Gasteiger partial charge in [0, 0.05) is 22.0 Å². The number of rotatable bonds is 4. The van der Waals surface area contributed by atoms with Gasteiger partial charge >= 0.3 is 0 Å². The number of nitrogens with zero attached hydrogens (tertiary/aromatic N) is 2. The molecule has 1 fully saturated rings. The molecule has 0 saturated carbocycles. The molecule has 7 nitrogen and oxygen atoms in total. The lowest BCUT2D eigenvalue weighted by Crippen LogP contribution is -2.57. The quantitative estimate of drug-likeness (QED) is 0.349. The average molecular weight is 440 g/mol. The molecule has 0 unspecified atom stereocenters. The molecule has 7 rings (SSSR count). The number of benzene rings is 3. The van der Waals surface area contributed by atoms with Crippen molar-refractivity contribution in [2.45, 2.75) is 18.4 Å². The molecule has 0 spiro atoms. The Kier molecular flexibility index (Phi) is 4.02. The molecular formula is C26H20N2O5. The number of carbonyl (C=O) groups excluding carboxylic acids is 2. The lowest BCUT2D eigenvalue weighted by molar-refractivity contribution is -0.578. The summed E-state index contributed by atoms with van der Waals surface area (Å²) in [5, 5.41) is 12.9. The predicted octanol–water partition coefficient (Wildman–Crippen LogP) is 3.87. The molecule has 1 saturated heterocycles. The molecule has 1 heterocycles. The zero-order chi connectivity index (χ0) is 22.9. The zero-order valence-corrected chi connectivity index (χ0v) is 17.8. The second-order valence-corrected chi connectivity index (χ2v) is 8.62. The molecule has 1 aliphatic heterocycles. The maximum atomic E-state index is 13.8. The summed E-state index contributed by atoms with van der Waals surface area (Å²) in [5.41, 5.74) is 1.12. The van der Waals surface area contributed by atoms with Gasteiger partial charge in [0.1, 0.15) is 11.7 Å². The van der Waals surface area contributed by atoms with Gasteiger partial charge in [-0.1, -0.05) is 48.5 Å². The fourth-order valence-electron chi connectivity index (χ4n) is 6.15. The minimum Gasteiger partial charge on any atom is -0.494 e. The van der Waals surface area contributed by atoms with Crippen LogP contribution in [0.1, 0.15) is 35.1 Å². The van der Waals surface area contributed by atoms with E-state index in [4.69, 9.17) is 4.74 Å². The van der Waals surface area contributed by atoms with E-state index in [0.717, 1.165) is 16.0 Å². The average Bonchev–Trinajstić information content (AvgIpc) is 3.10. The highest BCUT2D eigenvalue weighted by molar-refractivity contribution is 6.23. The number of amides is 2. The fraction of sp³-hybridized carbons (Fsp3) is 0.231. The monoisotopic (exact) mass is 440 g/mol. The first-order chi connectivity index (χ1) is 16.0. The summed E-state index contributed by atoms with van der Waals surface area (Å²) >= 11 is 0. The van der Waals surface area contributed by atoms with Crippen molar-refractivity contribution in [1.82, 2.24) is 0 Å². The van der Waals surface area contributed by atoms with E-state index < -0.39 is 35.1 Å². The van der Waals surface area contributed by atoms with Gasteiger partial charge in [-0.2, -0.15) is 0 Å². The molecule has 7 heteroatoms. The summed E-state index contributed by atoms with van der Waals surface area (Å²) in [6.07, 6.45) is 0. The number of ether oxygens (including phenoxy) is 1. The van der Waals surface area contributed by atoms with E-state index >= 15 is 0 Å². The second kappa shape index (κ2) is 6.75. The van der Waals surface area contributed by atoms with E-state index in [-0.39, 0.29) is 4.92 Å². The lowest BCUT2D eigenvalue weighted by Gasteiger charge is -2.48. The molecule has 3 aromatic rings. The van der Waals surface area contributed by atoms with Crippen LogP contribution in [-0.4, -0.2) is 23.3 Å². The Balaban J connectivity index is 1.58. The van der Waals surface area contributed by atoms with E-state index in [1.54, 1.807) is 48.5 Å². The number of nitro groups is 1. The molecule has 4 aliphatic rings. The first-order valence-corrected chi connectivity index (χ1v) is 11.0. The van der Waals surface area contributed by atoms with E-state index in [1.807, 2.05) is 31.2 Å². The van der Waals surface area contributed by atoms with Crippen molar-refractivity contribution in [2.75, 3.05) is 11.5 Å². The van der Waals surface area contributed by atoms with Gasteiger partial charge in [0.05, 0.1) is 18.2 Å². The van der Waals surface area contributed by atoms with Crippen molar-refractivity contribution in [2.24, 2.45) is 11.8 Å². The third-order valence-corrected chi connectivity index (χ3v) is 7.27. The number of anilines is 1. The third kappa shape index (κ3) is 2.29. The first-order valence-electron chi connectivity index (χ1n) is 11.0. The van der Waals surface area contributed by atoms with Crippen molar-refractivity contribution in [3.05, 3.63) is 105 Å². The Hall–Kier alpha value is -4.00. The number of carbonyl (C=O) groups is 2. The van der Waals surface area contributed by atoms with Crippen LogP contribution in [-0.2, 0) is 15.1 Å². The van der Waals surface area contributed by atoms with Crippen LogP contribution in [0.4, 0.5) is 5.69 Å². The molecule has 0 aromatic heterocycles. The van der Waals surface area contributed by atoms with Gasteiger partial charge in [0.15, 0.2) is 0 Å². The number of hydrogen-bond donors (Lipinski definition) is 0. The summed E-state index contributed by atoms with van der Waals surface area (Å²) in [5.74, 6) is -2.65. The predicted molar refractivity (Wildman–Crippen MR) is 120 cm³/mol. The Morgan fingerprint density at radius 3 is 2.03 bits per heavy atom. The fourth-order valence-corrected chi connectivity index (χ4v) is 6.15. The van der Waals surface area contributed by atoms with Crippen LogP contribution in [0.3, 0.4) is 0 Å². The Bertz CT molecular complexity index is 1290. The van der Waals surface area contributed by atoms with Crippen molar-refractivity contribution < 1.29 is 19.2 Å². The zero-order valence-electron chi connectivity index (χ0n) is 17.8. The molecular weight excluding hydrogens is 420 g/mol. The summed E-state index contributed by atoms with van der Waals surface area (Å²) in [6, 6.07) is 21.0. The molecule has 3 aromatic carbocycles. The molecule has 2 amide bonds. The van der Waals surface area contributed by atoms with Gasteiger partial charge in [-0.05, 0) is 42.3 Å². The maximum Gasteiger partial charge on any atom is 0.285 e. The second-order valence-electron chi connectivity index (χ2n) is 8.62. The van der Waals surface area contributed by atoms with Gasteiger partial charge in [-0.25, -0.2) is 4.90 Å². The summed E-state index contributed by atoms with van der Waals surface area (Å²) in [6.45, 7) is 2.36. The molecule has 2 bridgehead atoms. The third-order valence-electron chi connectivity index (χ3n) is 7.27. The molecule has 2 atom stereocenters. The normalized spacial score (nSPS) is 26.6. The summed E-state index contributed by atoms with van der Waals surface area (Å²) in [7, 11) is 0. The molecule has 164 valence electrons. The topological polar surface area (TPSA) is 89.8 Å². The van der Waals surface area contributed by atoms with Crippen LogP contribution in [0.5, 0.6) is 5.75 Å². The van der Waals surface area contributed by atoms with Crippen LogP contribution in [0.2, 0.25) is 0 Å².